The van der Waals surface area contributed by atoms with Crippen molar-refractivity contribution >= 4 is 29.6 Å². The first kappa shape index (κ1) is 13.2. The molecule has 0 aliphatic rings. The first-order chi connectivity index (χ1) is 8.70. The third kappa shape index (κ3) is 3.15. The Balaban J connectivity index is 2.16. The van der Waals surface area contributed by atoms with Gasteiger partial charge in [0.1, 0.15) is 0 Å². The van der Waals surface area contributed by atoms with Crippen LogP contribution in [0.3, 0.4) is 0 Å². The quantitative estimate of drug-likeness (QED) is 0.592. The number of aldehydes is 1. The Kier molecular flexibility index (Phi) is 4.45. The van der Waals surface area contributed by atoms with Gasteiger partial charge in [-0.05, 0) is 36.2 Å². The predicted molar refractivity (Wildman–Crippen MR) is 77.6 cm³/mol. The minimum Gasteiger partial charge on any atom is -0.298 e. The molecule has 0 spiro atoms. The van der Waals surface area contributed by atoms with Crippen molar-refractivity contribution in [1.29, 1.82) is 0 Å². The van der Waals surface area contributed by atoms with Crippen molar-refractivity contribution in [2.24, 2.45) is 0 Å². The molecule has 0 atom stereocenters. The standard InChI is InChI=1S/C15H13ClOS/c1-11-4-2-3-5-12(11)10-18-15-7-6-14(16)8-13(15)9-17/h2-9H,10H2,1H3. The molecule has 0 radical (unpaired) electrons. The van der Waals surface area contributed by atoms with Crippen molar-refractivity contribution < 1.29 is 4.79 Å². The van der Waals surface area contributed by atoms with E-state index in [0.29, 0.717) is 10.6 Å². The molecule has 0 aromatic heterocycles. The van der Waals surface area contributed by atoms with Crippen LogP contribution in [0.2, 0.25) is 5.02 Å². The average Bonchev–Trinajstić information content (AvgIpc) is 2.39. The number of carbonyl (C=O) groups is 1. The van der Waals surface area contributed by atoms with Crippen LogP contribution >= 0.6 is 23.4 Å². The molecule has 0 saturated carbocycles. The maximum atomic E-state index is 11.0. The van der Waals surface area contributed by atoms with Gasteiger partial charge in [-0.25, -0.2) is 0 Å². The van der Waals surface area contributed by atoms with E-state index in [9.17, 15) is 4.79 Å². The van der Waals surface area contributed by atoms with E-state index in [4.69, 9.17) is 11.6 Å². The summed E-state index contributed by atoms with van der Waals surface area (Å²) in [7, 11) is 0. The Hall–Kier alpha value is -1.25. The Labute approximate surface area is 116 Å². The van der Waals surface area contributed by atoms with Crippen LogP contribution in [0, 0.1) is 6.92 Å². The Bertz CT molecular complexity index is 566. The monoisotopic (exact) mass is 276 g/mol. The van der Waals surface area contributed by atoms with E-state index < -0.39 is 0 Å². The summed E-state index contributed by atoms with van der Waals surface area (Å²) in [6, 6.07) is 13.7. The zero-order chi connectivity index (χ0) is 13.0. The van der Waals surface area contributed by atoms with Gasteiger partial charge in [-0.2, -0.15) is 0 Å². The van der Waals surface area contributed by atoms with Crippen molar-refractivity contribution in [3.63, 3.8) is 0 Å². The molecular formula is C15H13ClOS. The molecule has 0 aliphatic carbocycles. The zero-order valence-electron chi connectivity index (χ0n) is 10.0. The third-order valence-corrected chi connectivity index (χ3v) is 4.12. The minimum atomic E-state index is 0.595. The smallest absolute Gasteiger partial charge is 0.151 e. The van der Waals surface area contributed by atoms with Gasteiger partial charge in [0.05, 0.1) is 0 Å². The van der Waals surface area contributed by atoms with Crippen LogP contribution in [0.5, 0.6) is 0 Å². The second-order valence-corrected chi connectivity index (χ2v) is 5.47. The second-order valence-electron chi connectivity index (χ2n) is 4.02. The van der Waals surface area contributed by atoms with E-state index in [1.54, 1.807) is 17.8 Å². The number of aryl methyl sites for hydroxylation is 1. The average molecular weight is 277 g/mol. The van der Waals surface area contributed by atoms with Gasteiger partial charge in [0.15, 0.2) is 6.29 Å². The molecule has 2 rings (SSSR count). The lowest BCUT2D eigenvalue weighted by Gasteiger charge is -2.07. The second kappa shape index (κ2) is 6.07. The lowest BCUT2D eigenvalue weighted by Crippen LogP contribution is -1.88. The molecule has 0 unspecified atom stereocenters. The van der Waals surface area contributed by atoms with E-state index in [1.165, 1.54) is 11.1 Å². The van der Waals surface area contributed by atoms with Gasteiger partial charge in [-0.1, -0.05) is 35.9 Å². The van der Waals surface area contributed by atoms with E-state index in [0.717, 1.165) is 16.9 Å². The number of carbonyl (C=O) groups excluding carboxylic acids is 1. The van der Waals surface area contributed by atoms with Crippen LogP contribution in [0.1, 0.15) is 21.5 Å². The van der Waals surface area contributed by atoms with Crippen LogP contribution in [0.25, 0.3) is 0 Å². The topological polar surface area (TPSA) is 17.1 Å². The molecule has 0 N–H and O–H groups in total. The van der Waals surface area contributed by atoms with Crippen LogP contribution in [0.15, 0.2) is 47.4 Å². The normalized spacial score (nSPS) is 10.3. The Morgan fingerprint density at radius 3 is 2.72 bits per heavy atom. The molecule has 0 amide bonds. The number of hydrogen-bond acceptors (Lipinski definition) is 2. The molecule has 3 heteroatoms. The highest BCUT2D eigenvalue weighted by Crippen LogP contribution is 2.28. The van der Waals surface area contributed by atoms with E-state index in [1.807, 2.05) is 24.3 Å². The summed E-state index contributed by atoms with van der Waals surface area (Å²) in [6.07, 6.45) is 0.853. The Morgan fingerprint density at radius 1 is 1.22 bits per heavy atom. The molecule has 18 heavy (non-hydrogen) atoms. The highest BCUT2D eigenvalue weighted by Gasteiger charge is 2.05. The summed E-state index contributed by atoms with van der Waals surface area (Å²) in [5.74, 6) is 0.856. The van der Waals surface area contributed by atoms with Crippen molar-refractivity contribution in [2.45, 2.75) is 17.6 Å². The molecule has 92 valence electrons. The molecule has 2 aromatic carbocycles. The summed E-state index contributed by atoms with van der Waals surface area (Å²) in [6.45, 7) is 2.10. The van der Waals surface area contributed by atoms with E-state index >= 15 is 0 Å². The fourth-order valence-corrected chi connectivity index (χ4v) is 2.92. The fraction of sp³-hybridized carbons (Fsp3) is 0.133. The molecule has 1 nitrogen and oxygen atoms in total. The van der Waals surface area contributed by atoms with Crippen LogP contribution in [-0.2, 0) is 5.75 Å². The van der Waals surface area contributed by atoms with Gasteiger partial charge >= 0.3 is 0 Å². The lowest BCUT2D eigenvalue weighted by molar-refractivity contribution is 0.112. The van der Waals surface area contributed by atoms with Gasteiger partial charge in [0, 0.05) is 21.2 Å². The van der Waals surface area contributed by atoms with Crippen molar-refractivity contribution in [3.8, 4) is 0 Å². The summed E-state index contributed by atoms with van der Waals surface area (Å²) in [5.41, 5.74) is 3.21. The van der Waals surface area contributed by atoms with E-state index in [-0.39, 0.29) is 0 Å². The zero-order valence-corrected chi connectivity index (χ0v) is 11.6. The van der Waals surface area contributed by atoms with Gasteiger partial charge in [-0.15, -0.1) is 11.8 Å². The summed E-state index contributed by atoms with van der Waals surface area (Å²) in [4.78, 5) is 12.0. The maximum Gasteiger partial charge on any atom is 0.151 e. The van der Waals surface area contributed by atoms with Crippen LogP contribution in [-0.4, -0.2) is 6.29 Å². The van der Waals surface area contributed by atoms with Gasteiger partial charge < -0.3 is 0 Å². The number of rotatable bonds is 4. The largest absolute Gasteiger partial charge is 0.298 e. The fourth-order valence-electron chi connectivity index (χ4n) is 1.67. The molecule has 0 aliphatic heterocycles. The molecule has 0 saturated heterocycles. The number of thioether (sulfide) groups is 1. The molecule has 0 fully saturated rings. The first-order valence-electron chi connectivity index (χ1n) is 5.63. The summed E-state index contributed by atoms with van der Waals surface area (Å²) in [5, 5.41) is 0.595. The van der Waals surface area contributed by atoms with Crippen molar-refractivity contribution in [3.05, 3.63) is 64.2 Å². The predicted octanol–water partition coefficient (Wildman–Crippen LogP) is 4.75. The van der Waals surface area contributed by atoms with E-state index in [2.05, 4.69) is 19.1 Å². The molecule has 2 aromatic rings. The van der Waals surface area contributed by atoms with Crippen LogP contribution in [0.4, 0.5) is 0 Å². The first-order valence-corrected chi connectivity index (χ1v) is 6.99. The number of benzene rings is 2. The van der Waals surface area contributed by atoms with Crippen molar-refractivity contribution in [2.75, 3.05) is 0 Å². The SMILES string of the molecule is Cc1ccccc1CSc1ccc(Cl)cc1C=O. The third-order valence-electron chi connectivity index (χ3n) is 2.74. The summed E-state index contributed by atoms with van der Waals surface area (Å²) >= 11 is 7.53. The highest BCUT2D eigenvalue weighted by molar-refractivity contribution is 7.98. The van der Waals surface area contributed by atoms with Gasteiger partial charge in [-0.3, -0.25) is 4.79 Å². The minimum absolute atomic E-state index is 0.595. The maximum absolute atomic E-state index is 11.0. The molecule has 0 bridgehead atoms. The van der Waals surface area contributed by atoms with Gasteiger partial charge in [0.25, 0.3) is 0 Å². The van der Waals surface area contributed by atoms with Crippen molar-refractivity contribution in [1.82, 2.24) is 0 Å². The highest BCUT2D eigenvalue weighted by atomic mass is 35.5. The number of halogens is 1. The van der Waals surface area contributed by atoms with Gasteiger partial charge in [0.2, 0.25) is 0 Å². The number of hydrogen-bond donors (Lipinski definition) is 0. The molecular weight excluding hydrogens is 264 g/mol. The molecule has 0 heterocycles. The summed E-state index contributed by atoms with van der Waals surface area (Å²) < 4.78 is 0. The van der Waals surface area contributed by atoms with Crippen LogP contribution < -0.4 is 0 Å². The lowest BCUT2D eigenvalue weighted by atomic mass is 10.1. The Morgan fingerprint density at radius 2 is 2.00 bits per heavy atom.